The van der Waals surface area contributed by atoms with Gasteiger partial charge in [0.05, 0.1) is 35.0 Å². The van der Waals surface area contributed by atoms with Gasteiger partial charge in [0, 0.05) is 25.8 Å². The predicted octanol–water partition coefficient (Wildman–Crippen LogP) is 1.58. The third-order valence-corrected chi connectivity index (χ3v) is 5.97. The number of hydrogen-bond acceptors (Lipinski definition) is 8. The van der Waals surface area contributed by atoms with Crippen molar-refractivity contribution in [2.75, 3.05) is 48.7 Å². The number of carbonyl (C=O) groups is 1. The standard InChI is InChI=1S/C21H28N2O8S/c1-27-9-8-23-32(25,26)19-12-15(6-7-16(19)28-2)21(24)22-13-14-10-17(29-3)20(31-5)18(11-14)30-4/h6-7,10-12,23H,8-9,13H2,1-5H3,(H,22,24). The summed E-state index contributed by atoms with van der Waals surface area (Å²) in [7, 11) is 3.42. The van der Waals surface area contributed by atoms with E-state index in [4.69, 9.17) is 23.7 Å². The Morgan fingerprint density at radius 3 is 2.03 bits per heavy atom. The smallest absolute Gasteiger partial charge is 0.251 e. The van der Waals surface area contributed by atoms with Gasteiger partial charge in [0.2, 0.25) is 15.8 Å². The largest absolute Gasteiger partial charge is 0.495 e. The van der Waals surface area contributed by atoms with Gasteiger partial charge in [-0.3, -0.25) is 4.79 Å². The molecule has 2 aromatic carbocycles. The molecule has 0 aliphatic carbocycles. The first-order chi connectivity index (χ1) is 15.3. The molecule has 0 aliphatic heterocycles. The molecule has 0 saturated carbocycles. The number of methoxy groups -OCH3 is 5. The molecule has 32 heavy (non-hydrogen) atoms. The van der Waals surface area contributed by atoms with Crippen LogP contribution in [0.3, 0.4) is 0 Å². The Morgan fingerprint density at radius 2 is 1.50 bits per heavy atom. The summed E-state index contributed by atoms with van der Waals surface area (Å²) in [6, 6.07) is 7.60. The van der Waals surface area contributed by atoms with Crippen LogP contribution in [0.25, 0.3) is 0 Å². The van der Waals surface area contributed by atoms with E-state index in [0.29, 0.717) is 22.8 Å². The predicted molar refractivity (Wildman–Crippen MR) is 117 cm³/mol. The van der Waals surface area contributed by atoms with Gasteiger partial charge in [0.1, 0.15) is 10.6 Å². The molecule has 176 valence electrons. The molecule has 0 aliphatic rings. The normalized spacial score (nSPS) is 11.0. The molecule has 0 heterocycles. The number of hydrogen-bond donors (Lipinski definition) is 2. The number of rotatable bonds is 12. The van der Waals surface area contributed by atoms with Gasteiger partial charge in [-0.15, -0.1) is 0 Å². The summed E-state index contributed by atoms with van der Waals surface area (Å²) in [6.45, 7) is 0.436. The van der Waals surface area contributed by atoms with Crippen LogP contribution in [0.1, 0.15) is 15.9 Å². The first kappa shape index (κ1) is 25.2. The fourth-order valence-electron chi connectivity index (χ4n) is 2.91. The first-order valence-corrected chi connectivity index (χ1v) is 11.0. The Kier molecular flexibility index (Phi) is 9.12. The molecule has 0 saturated heterocycles. The van der Waals surface area contributed by atoms with E-state index in [0.717, 1.165) is 0 Å². The van der Waals surface area contributed by atoms with Crippen LogP contribution in [0.5, 0.6) is 23.0 Å². The van der Waals surface area contributed by atoms with Crippen molar-refractivity contribution >= 4 is 15.9 Å². The minimum absolute atomic E-state index is 0.0829. The van der Waals surface area contributed by atoms with Crippen LogP contribution in [0.4, 0.5) is 0 Å². The van der Waals surface area contributed by atoms with Gasteiger partial charge in [0.15, 0.2) is 11.5 Å². The second kappa shape index (κ2) is 11.6. The van der Waals surface area contributed by atoms with Crippen molar-refractivity contribution in [3.05, 3.63) is 41.5 Å². The molecule has 2 rings (SSSR count). The molecule has 10 nitrogen and oxygen atoms in total. The monoisotopic (exact) mass is 468 g/mol. The zero-order valence-corrected chi connectivity index (χ0v) is 19.5. The maximum atomic E-state index is 12.7. The maximum Gasteiger partial charge on any atom is 0.251 e. The van der Waals surface area contributed by atoms with Gasteiger partial charge in [0.25, 0.3) is 5.91 Å². The second-order valence-electron chi connectivity index (χ2n) is 6.47. The average Bonchev–Trinajstić information content (AvgIpc) is 2.81. The Morgan fingerprint density at radius 1 is 0.875 bits per heavy atom. The van der Waals surface area contributed by atoms with Gasteiger partial charge in [-0.25, -0.2) is 13.1 Å². The van der Waals surface area contributed by atoms with Gasteiger partial charge in [-0.05, 0) is 35.9 Å². The van der Waals surface area contributed by atoms with Crippen LogP contribution in [-0.4, -0.2) is 63.0 Å². The Labute approximate surface area is 187 Å². The number of benzene rings is 2. The van der Waals surface area contributed by atoms with Crippen LogP contribution in [0, 0.1) is 0 Å². The molecular formula is C21H28N2O8S. The lowest BCUT2D eigenvalue weighted by atomic mass is 10.1. The second-order valence-corrected chi connectivity index (χ2v) is 8.21. The highest BCUT2D eigenvalue weighted by Crippen LogP contribution is 2.38. The summed E-state index contributed by atoms with van der Waals surface area (Å²) in [4.78, 5) is 12.6. The minimum Gasteiger partial charge on any atom is -0.495 e. The van der Waals surface area contributed by atoms with Crippen molar-refractivity contribution in [2.24, 2.45) is 0 Å². The first-order valence-electron chi connectivity index (χ1n) is 9.55. The van der Waals surface area contributed by atoms with Crippen molar-refractivity contribution in [1.29, 1.82) is 0 Å². The Hall–Kier alpha value is -3.02. The topological polar surface area (TPSA) is 121 Å². The van der Waals surface area contributed by atoms with Crippen LogP contribution in [0.2, 0.25) is 0 Å². The molecule has 2 aromatic rings. The number of sulfonamides is 1. The van der Waals surface area contributed by atoms with Gasteiger partial charge in [-0.1, -0.05) is 0 Å². The highest BCUT2D eigenvalue weighted by molar-refractivity contribution is 7.89. The number of amides is 1. The van der Waals surface area contributed by atoms with E-state index in [1.165, 1.54) is 53.7 Å². The summed E-state index contributed by atoms with van der Waals surface area (Å²) in [5.74, 6) is 1.01. The summed E-state index contributed by atoms with van der Waals surface area (Å²) in [6.07, 6.45) is 0. The highest BCUT2D eigenvalue weighted by atomic mass is 32.2. The number of carbonyl (C=O) groups excluding carboxylic acids is 1. The molecule has 0 radical (unpaired) electrons. The van der Waals surface area contributed by atoms with E-state index in [2.05, 4.69) is 10.0 Å². The fraction of sp³-hybridized carbons (Fsp3) is 0.381. The van der Waals surface area contributed by atoms with Crippen molar-refractivity contribution in [2.45, 2.75) is 11.4 Å². The molecule has 0 bridgehead atoms. The highest BCUT2D eigenvalue weighted by Gasteiger charge is 2.21. The van der Waals surface area contributed by atoms with Crippen LogP contribution >= 0.6 is 0 Å². The quantitative estimate of drug-likeness (QED) is 0.451. The molecule has 0 atom stereocenters. The van der Waals surface area contributed by atoms with E-state index in [1.54, 1.807) is 12.1 Å². The lowest BCUT2D eigenvalue weighted by Gasteiger charge is -2.15. The Bertz CT molecular complexity index is 1020. The zero-order valence-electron chi connectivity index (χ0n) is 18.7. The summed E-state index contributed by atoms with van der Waals surface area (Å²) in [5.41, 5.74) is 0.862. The van der Waals surface area contributed by atoms with Gasteiger partial charge >= 0.3 is 0 Å². The van der Waals surface area contributed by atoms with Gasteiger partial charge in [-0.2, -0.15) is 0 Å². The zero-order chi connectivity index (χ0) is 23.7. The summed E-state index contributed by atoms with van der Waals surface area (Å²) >= 11 is 0. The molecule has 11 heteroatoms. The molecule has 1 amide bonds. The van der Waals surface area contributed by atoms with E-state index >= 15 is 0 Å². The molecule has 0 spiro atoms. The van der Waals surface area contributed by atoms with Crippen molar-refractivity contribution in [3.63, 3.8) is 0 Å². The molecule has 0 unspecified atom stereocenters. The van der Waals surface area contributed by atoms with Crippen LogP contribution < -0.4 is 29.0 Å². The fourth-order valence-corrected chi connectivity index (χ4v) is 4.11. The lowest BCUT2D eigenvalue weighted by Crippen LogP contribution is -2.28. The minimum atomic E-state index is -3.91. The van der Waals surface area contributed by atoms with E-state index in [-0.39, 0.29) is 35.9 Å². The summed E-state index contributed by atoms with van der Waals surface area (Å²) < 4.78 is 53.6. The lowest BCUT2D eigenvalue weighted by molar-refractivity contribution is 0.0950. The molecule has 0 fully saturated rings. The van der Waals surface area contributed by atoms with E-state index < -0.39 is 15.9 Å². The third-order valence-electron chi connectivity index (χ3n) is 4.49. The van der Waals surface area contributed by atoms with Gasteiger partial charge < -0.3 is 29.0 Å². The molecular weight excluding hydrogens is 440 g/mol. The number of ether oxygens (including phenoxy) is 5. The van der Waals surface area contributed by atoms with Crippen molar-refractivity contribution in [3.8, 4) is 23.0 Å². The van der Waals surface area contributed by atoms with Crippen LogP contribution in [-0.2, 0) is 21.3 Å². The molecule has 2 N–H and O–H groups in total. The SMILES string of the molecule is COCCNS(=O)(=O)c1cc(C(=O)NCc2cc(OC)c(OC)c(OC)c2)ccc1OC. The average molecular weight is 469 g/mol. The Balaban J connectivity index is 2.24. The van der Waals surface area contributed by atoms with Crippen molar-refractivity contribution in [1.82, 2.24) is 10.0 Å². The van der Waals surface area contributed by atoms with E-state index in [9.17, 15) is 13.2 Å². The molecule has 0 aromatic heterocycles. The number of nitrogens with one attached hydrogen (secondary N) is 2. The van der Waals surface area contributed by atoms with Crippen molar-refractivity contribution < 1.29 is 36.9 Å². The summed E-state index contributed by atoms with van der Waals surface area (Å²) in [5, 5.41) is 2.76. The maximum absolute atomic E-state index is 12.7. The van der Waals surface area contributed by atoms with Crippen LogP contribution in [0.15, 0.2) is 35.2 Å². The van der Waals surface area contributed by atoms with E-state index in [1.807, 2.05) is 0 Å². The third kappa shape index (κ3) is 6.02.